The second kappa shape index (κ2) is 12.0. The molecular formula is C28H48O4. The lowest BCUT2D eigenvalue weighted by molar-refractivity contribution is -0.162. The van der Waals surface area contributed by atoms with Gasteiger partial charge in [-0.25, -0.2) is 0 Å². The van der Waals surface area contributed by atoms with Gasteiger partial charge in [0.15, 0.2) is 0 Å². The van der Waals surface area contributed by atoms with Gasteiger partial charge < -0.3 is 9.47 Å². The minimum absolute atomic E-state index is 0.0436. The predicted molar refractivity (Wildman–Crippen MR) is 132 cm³/mol. The maximum Gasteiger partial charge on any atom is 0.310 e. The van der Waals surface area contributed by atoms with Crippen molar-refractivity contribution in [1.29, 1.82) is 0 Å². The van der Waals surface area contributed by atoms with Crippen molar-refractivity contribution in [1.82, 2.24) is 0 Å². The van der Waals surface area contributed by atoms with Gasteiger partial charge in [-0.05, 0) is 55.3 Å². The summed E-state index contributed by atoms with van der Waals surface area (Å²) in [6.45, 7) is 22.2. The van der Waals surface area contributed by atoms with Crippen molar-refractivity contribution in [3.63, 3.8) is 0 Å². The Bertz CT molecular complexity index is 689. The van der Waals surface area contributed by atoms with Crippen molar-refractivity contribution >= 4 is 11.9 Å². The molecule has 0 aliphatic heterocycles. The number of hydrogen-bond donors (Lipinski definition) is 0. The van der Waals surface area contributed by atoms with E-state index >= 15 is 0 Å². The second-order valence-corrected chi connectivity index (χ2v) is 12.0. The van der Waals surface area contributed by atoms with Gasteiger partial charge in [-0.3, -0.25) is 9.59 Å². The van der Waals surface area contributed by atoms with Gasteiger partial charge in [0.2, 0.25) is 0 Å². The number of rotatable bonds is 10. The number of hydrogen-bond acceptors (Lipinski definition) is 4. The van der Waals surface area contributed by atoms with E-state index in [0.717, 1.165) is 12.8 Å². The Morgan fingerprint density at radius 1 is 0.969 bits per heavy atom. The molecule has 1 rings (SSSR count). The first-order valence-corrected chi connectivity index (χ1v) is 12.3. The van der Waals surface area contributed by atoms with E-state index < -0.39 is 11.8 Å². The van der Waals surface area contributed by atoms with Gasteiger partial charge >= 0.3 is 11.9 Å². The highest BCUT2D eigenvalue weighted by atomic mass is 16.5. The summed E-state index contributed by atoms with van der Waals surface area (Å²) in [6.07, 6.45) is 7.61. The monoisotopic (exact) mass is 448 g/mol. The predicted octanol–water partition coefficient (Wildman–Crippen LogP) is 7.14. The van der Waals surface area contributed by atoms with Crippen LogP contribution in [0.5, 0.6) is 0 Å². The molecule has 0 heterocycles. The molecule has 0 aromatic heterocycles. The molecule has 0 bridgehead atoms. The summed E-state index contributed by atoms with van der Waals surface area (Å²) < 4.78 is 11.1. The van der Waals surface area contributed by atoms with Crippen molar-refractivity contribution in [3.8, 4) is 0 Å². The average Bonchev–Trinajstić information content (AvgIpc) is 2.68. The molecule has 1 aliphatic carbocycles. The Morgan fingerprint density at radius 3 is 1.94 bits per heavy atom. The van der Waals surface area contributed by atoms with Crippen molar-refractivity contribution in [2.75, 3.05) is 13.2 Å². The summed E-state index contributed by atoms with van der Waals surface area (Å²) in [5, 5.41) is 0. The number of carbonyl (C=O) groups excluding carboxylic acids is 2. The molecule has 1 aliphatic rings. The minimum atomic E-state index is -0.473. The molecule has 2 atom stereocenters. The van der Waals surface area contributed by atoms with Gasteiger partial charge in [0.1, 0.15) is 0 Å². The average molecular weight is 449 g/mol. The Balaban J connectivity index is 2.99. The highest BCUT2D eigenvalue weighted by Crippen LogP contribution is 2.42. The Morgan fingerprint density at radius 2 is 1.47 bits per heavy atom. The fourth-order valence-corrected chi connectivity index (χ4v) is 3.78. The molecule has 0 spiro atoms. The lowest BCUT2D eigenvalue weighted by Gasteiger charge is -2.36. The lowest BCUT2D eigenvalue weighted by Crippen LogP contribution is -2.37. The van der Waals surface area contributed by atoms with Gasteiger partial charge in [0, 0.05) is 0 Å². The quantitative estimate of drug-likeness (QED) is 0.263. The van der Waals surface area contributed by atoms with E-state index in [4.69, 9.17) is 9.47 Å². The number of allylic oxidation sites excluding steroid dienone is 4. The lowest BCUT2D eigenvalue weighted by atomic mass is 9.69. The Labute approximate surface area is 197 Å². The molecule has 0 N–H and O–H groups in total. The first kappa shape index (κ1) is 28.5. The van der Waals surface area contributed by atoms with Crippen LogP contribution in [0.4, 0.5) is 0 Å². The number of esters is 2. The van der Waals surface area contributed by atoms with E-state index in [9.17, 15) is 9.59 Å². The standard InChI is InChI=1S/C28H48O4/c1-19(2)17-31-25(29)23-14-13-22(16-24(23)26(30)32-18-20(3)4)28(9,10)15-11-12-21(5)27(6,7)8/h12-13,19-20,23-24H,11,14-18H2,1-10H3/b21-12+. The van der Waals surface area contributed by atoms with Crippen molar-refractivity contribution in [3.05, 3.63) is 23.3 Å². The number of carbonyl (C=O) groups is 2. The van der Waals surface area contributed by atoms with Crippen molar-refractivity contribution < 1.29 is 19.1 Å². The van der Waals surface area contributed by atoms with E-state index in [1.807, 2.05) is 27.7 Å². The summed E-state index contributed by atoms with van der Waals surface area (Å²) >= 11 is 0. The molecule has 0 aromatic rings. The Kier molecular flexibility index (Phi) is 10.7. The highest BCUT2D eigenvalue weighted by Gasteiger charge is 2.41. The van der Waals surface area contributed by atoms with E-state index in [1.165, 1.54) is 11.1 Å². The maximum absolute atomic E-state index is 13.0. The number of ether oxygens (including phenoxy) is 2. The van der Waals surface area contributed by atoms with Gasteiger partial charge in [-0.1, -0.05) is 85.6 Å². The van der Waals surface area contributed by atoms with Crippen LogP contribution in [0.2, 0.25) is 0 Å². The molecule has 0 saturated carbocycles. The zero-order chi connectivity index (χ0) is 24.7. The van der Waals surface area contributed by atoms with Crippen LogP contribution in [0.15, 0.2) is 23.3 Å². The SMILES string of the molecule is C/C(=C\CCC(C)(C)C1=CCC(C(=O)OCC(C)C)C(C(=O)OCC(C)C)C1)C(C)(C)C. The molecule has 0 radical (unpaired) electrons. The summed E-state index contributed by atoms with van der Waals surface area (Å²) in [5.74, 6) is -0.950. The topological polar surface area (TPSA) is 52.6 Å². The zero-order valence-electron chi connectivity index (χ0n) is 22.3. The third-order valence-corrected chi connectivity index (χ3v) is 6.54. The van der Waals surface area contributed by atoms with Crippen LogP contribution in [0.25, 0.3) is 0 Å². The fourth-order valence-electron chi connectivity index (χ4n) is 3.78. The molecule has 0 saturated heterocycles. The van der Waals surface area contributed by atoms with Crippen LogP contribution in [0, 0.1) is 34.5 Å². The molecule has 0 fully saturated rings. The van der Waals surface area contributed by atoms with Gasteiger partial charge in [0.05, 0.1) is 25.0 Å². The van der Waals surface area contributed by atoms with Crippen molar-refractivity contribution in [2.45, 2.75) is 94.9 Å². The third kappa shape index (κ3) is 9.11. The molecular weight excluding hydrogens is 400 g/mol. The van der Waals surface area contributed by atoms with Crippen LogP contribution in [-0.4, -0.2) is 25.2 Å². The van der Waals surface area contributed by atoms with Crippen LogP contribution in [-0.2, 0) is 19.1 Å². The van der Waals surface area contributed by atoms with Crippen LogP contribution < -0.4 is 0 Å². The molecule has 0 amide bonds. The van der Waals surface area contributed by atoms with Gasteiger partial charge in [-0.15, -0.1) is 0 Å². The van der Waals surface area contributed by atoms with E-state index in [0.29, 0.717) is 26.1 Å². The Hall–Kier alpha value is -1.58. The largest absolute Gasteiger partial charge is 0.465 e. The van der Waals surface area contributed by atoms with Crippen LogP contribution in [0.1, 0.15) is 94.9 Å². The normalized spacial score (nSPS) is 20.4. The smallest absolute Gasteiger partial charge is 0.310 e. The second-order valence-electron chi connectivity index (χ2n) is 12.0. The summed E-state index contributed by atoms with van der Waals surface area (Å²) in [6, 6.07) is 0. The first-order valence-electron chi connectivity index (χ1n) is 12.3. The van der Waals surface area contributed by atoms with Gasteiger partial charge in [0.25, 0.3) is 0 Å². The minimum Gasteiger partial charge on any atom is -0.465 e. The molecule has 0 aromatic carbocycles. The highest BCUT2D eigenvalue weighted by molar-refractivity contribution is 5.83. The zero-order valence-corrected chi connectivity index (χ0v) is 22.3. The van der Waals surface area contributed by atoms with Crippen LogP contribution >= 0.6 is 0 Å². The molecule has 4 nitrogen and oxygen atoms in total. The third-order valence-electron chi connectivity index (χ3n) is 6.54. The maximum atomic E-state index is 13.0. The van der Waals surface area contributed by atoms with E-state index in [1.54, 1.807) is 0 Å². The van der Waals surface area contributed by atoms with E-state index in [-0.39, 0.29) is 34.6 Å². The first-order chi connectivity index (χ1) is 14.6. The molecule has 4 heteroatoms. The molecule has 184 valence electrons. The summed E-state index contributed by atoms with van der Waals surface area (Å²) in [7, 11) is 0. The fraction of sp³-hybridized carbons (Fsp3) is 0.786. The van der Waals surface area contributed by atoms with Gasteiger partial charge in [-0.2, -0.15) is 0 Å². The van der Waals surface area contributed by atoms with E-state index in [2.05, 4.69) is 53.7 Å². The van der Waals surface area contributed by atoms with Crippen LogP contribution in [0.3, 0.4) is 0 Å². The molecule has 32 heavy (non-hydrogen) atoms. The summed E-state index contributed by atoms with van der Waals surface area (Å²) in [5.41, 5.74) is 2.79. The summed E-state index contributed by atoms with van der Waals surface area (Å²) in [4.78, 5) is 25.8. The molecule has 2 unspecified atom stereocenters. The van der Waals surface area contributed by atoms with Crippen molar-refractivity contribution in [2.24, 2.45) is 34.5 Å².